The van der Waals surface area contributed by atoms with E-state index < -0.39 is 17.8 Å². The number of hydrogen-bond acceptors (Lipinski definition) is 7. The van der Waals surface area contributed by atoms with Crippen LogP contribution in [-0.4, -0.2) is 32.0 Å². The van der Waals surface area contributed by atoms with Crippen molar-refractivity contribution in [3.05, 3.63) is 63.4 Å². The van der Waals surface area contributed by atoms with Crippen LogP contribution in [0.5, 0.6) is 5.75 Å². The van der Waals surface area contributed by atoms with Gasteiger partial charge in [0.05, 0.1) is 35.9 Å². The van der Waals surface area contributed by atoms with Gasteiger partial charge in [0.15, 0.2) is 0 Å². The highest BCUT2D eigenvalue weighted by atomic mass is 32.1. The highest BCUT2D eigenvalue weighted by Gasteiger charge is 2.27. The average Bonchev–Trinajstić information content (AvgIpc) is 3.25. The number of amides is 2. The molecule has 0 fully saturated rings. The monoisotopic (exact) mass is 442 g/mol. The largest absolute Gasteiger partial charge is 0.495 e. The van der Waals surface area contributed by atoms with Crippen LogP contribution in [0.15, 0.2) is 34.7 Å². The van der Waals surface area contributed by atoms with E-state index in [0.29, 0.717) is 34.1 Å². The number of para-hydroxylation sites is 2. The van der Waals surface area contributed by atoms with Crippen molar-refractivity contribution in [3.8, 4) is 5.75 Å². The number of carbonyl (C=O) groups excluding carboxylic acids is 3. The number of aryl methyl sites for hydroxylation is 2. The minimum absolute atomic E-state index is 0.129. The molecule has 2 heterocycles. The quantitative estimate of drug-likeness (QED) is 0.542. The highest BCUT2D eigenvalue weighted by molar-refractivity contribution is 7.19. The number of hydrogen-bond donors (Lipinski definition) is 2. The number of benzene rings is 1. The number of anilines is 2. The fourth-order valence-corrected chi connectivity index (χ4v) is 4.20. The second kappa shape index (κ2) is 9.05. The highest BCUT2D eigenvalue weighted by Crippen LogP contribution is 2.35. The van der Waals surface area contributed by atoms with Crippen LogP contribution in [0.1, 0.15) is 47.5 Å². The lowest BCUT2D eigenvalue weighted by molar-refractivity contribution is 0.0601. The topological polar surface area (TPSA) is 107 Å². The van der Waals surface area contributed by atoms with Gasteiger partial charge >= 0.3 is 5.97 Å². The third kappa shape index (κ3) is 4.46. The van der Waals surface area contributed by atoms with Crippen LogP contribution in [0.25, 0.3) is 0 Å². The first-order valence-electron chi connectivity index (χ1n) is 9.31. The maximum atomic E-state index is 13.0. The van der Waals surface area contributed by atoms with Crippen LogP contribution in [0, 0.1) is 20.8 Å². The Kier molecular flexibility index (Phi) is 6.45. The van der Waals surface area contributed by atoms with Gasteiger partial charge in [-0.15, -0.1) is 11.3 Å². The molecule has 0 spiro atoms. The van der Waals surface area contributed by atoms with Crippen molar-refractivity contribution >= 4 is 39.8 Å². The summed E-state index contributed by atoms with van der Waals surface area (Å²) in [6.07, 6.45) is 0. The number of nitrogens with one attached hydrogen (secondary N) is 2. The minimum Gasteiger partial charge on any atom is -0.495 e. The van der Waals surface area contributed by atoms with Gasteiger partial charge in [0.1, 0.15) is 22.3 Å². The Balaban J connectivity index is 1.96. The lowest BCUT2D eigenvalue weighted by atomic mass is 10.1. The SMILES string of the molecule is COC(=O)c1c(NC(=O)c2cc(C)oc2C)sc(C(=O)Nc2ccccc2OC)c1C. The molecule has 0 aliphatic carbocycles. The molecule has 3 rings (SSSR count). The number of esters is 1. The standard InChI is InChI=1S/C22H22N2O6S/c1-11-10-14(13(3)30-11)19(25)24-21-17(22(27)29-5)12(2)18(31-21)20(26)23-15-8-6-7-9-16(15)28-4/h6-10H,1-5H3,(H,23,26)(H,24,25). The van der Waals surface area contributed by atoms with Gasteiger partial charge in [0.25, 0.3) is 11.8 Å². The van der Waals surface area contributed by atoms with Crippen molar-refractivity contribution in [2.24, 2.45) is 0 Å². The van der Waals surface area contributed by atoms with E-state index in [2.05, 4.69) is 10.6 Å². The third-order valence-electron chi connectivity index (χ3n) is 4.61. The van der Waals surface area contributed by atoms with Crippen molar-refractivity contribution in [1.82, 2.24) is 0 Å². The Morgan fingerprint density at radius 2 is 1.71 bits per heavy atom. The normalized spacial score (nSPS) is 10.5. The van der Waals surface area contributed by atoms with Crippen LogP contribution in [0.4, 0.5) is 10.7 Å². The van der Waals surface area contributed by atoms with Crippen molar-refractivity contribution in [2.45, 2.75) is 20.8 Å². The maximum Gasteiger partial charge on any atom is 0.341 e. The van der Waals surface area contributed by atoms with E-state index in [-0.39, 0.29) is 15.4 Å². The van der Waals surface area contributed by atoms with Gasteiger partial charge in [0.2, 0.25) is 0 Å². The molecular formula is C22H22N2O6S. The van der Waals surface area contributed by atoms with Gasteiger partial charge in [-0.25, -0.2) is 4.79 Å². The van der Waals surface area contributed by atoms with Crippen LogP contribution in [0.2, 0.25) is 0 Å². The zero-order chi connectivity index (χ0) is 22.7. The summed E-state index contributed by atoms with van der Waals surface area (Å²) >= 11 is 0.990. The molecule has 0 aliphatic heterocycles. The molecule has 2 amide bonds. The molecule has 8 nitrogen and oxygen atoms in total. The summed E-state index contributed by atoms with van der Waals surface area (Å²) in [6.45, 7) is 5.04. The number of ether oxygens (including phenoxy) is 2. The molecule has 3 aromatic rings. The number of methoxy groups -OCH3 is 2. The Hall–Kier alpha value is -3.59. The molecule has 0 saturated heterocycles. The first-order valence-corrected chi connectivity index (χ1v) is 10.1. The summed E-state index contributed by atoms with van der Waals surface area (Å²) in [7, 11) is 2.74. The molecule has 0 unspecified atom stereocenters. The zero-order valence-electron chi connectivity index (χ0n) is 17.7. The first kappa shape index (κ1) is 22.1. The van der Waals surface area contributed by atoms with Crippen LogP contribution >= 0.6 is 11.3 Å². The lowest BCUT2D eigenvalue weighted by Gasteiger charge is -2.09. The molecule has 0 aliphatic rings. The zero-order valence-corrected chi connectivity index (χ0v) is 18.6. The summed E-state index contributed by atoms with van der Waals surface area (Å²) in [6, 6.07) is 8.58. The molecule has 1 aromatic carbocycles. The number of carbonyl (C=O) groups is 3. The molecule has 0 saturated carbocycles. The smallest absolute Gasteiger partial charge is 0.341 e. The van der Waals surface area contributed by atoms with E-state index in [1.54, 1.807) is 51.1 Å². The first-order chi connectivity index (χ1) is 14.8. The number of rotatable bonds is 6. The van der Waals surface area contributed by atoms with Gasteiger partial charge in [-0.2, -0.15) is 0 Å². The molecule has 0 radical (unpaired) electrons. The molecular weight excluding hydrogens is 420 g/mol. The van der Waals surface area contributed by atoms with Crippen molar-refractivity contribution < 1.29 is 28.3 Å². The van der Waals surface area contributed by atoms with Crippen molar-refractivity contribution in [3.63, 3.8) is 0 Å². The number of furan rings is 1. The van der Waals surface area contributed by atoms with Crippen molar-refractivity contribution in [2.75, 3.05) is 24.9 Å². The van der Waals surface area contributed by atoms with E-state index >= 15 is 0 Å². The van der Waals surface area contributed by atoms with Gasteiger partial charge in [-0.3, -0.25) is 9.59 Å². The Labute approximate surface area is 183 Å². The summed E-state index contributed by atoms with van der Waals surface area (Å²) in [5, 5.41) is 5.71. The summed E-state index contributed by atoms with van der Waals surface area (Å²) in [5.41, 5.74) is 1.36. The molecule has 162 valence electrons. The summed E-state index contributed by atoms with van der Waals surface area (Å²) in [5.74, 6) is 0.00982. The molecule has 2 aromatic heterocycles. The predicted molar refractivity (Wildman–Crippen MR) is 117 cm³/mol. The van der Waals surface area contributed by atoms with E-state index in [4.69, 9.17) is 13.9 Å². The third-order valence-corrected chi connectivity index (χ3v) is 5.82. The molecule has 9 heteroatoms. The molecule has 0 bridgehead atoms. The fourth-order valence-electron chi connectivity index (χ4n) is 3.12. The maximum absolute atomic E-state index is 13.0. The molecule has 2 N–H and O–H groups in total. The summed E-state index contributed by atoms with van der Waals surface area (Å²) in [4.78, 5) is 38.4. The second-order valence-electron chi connectivity index (χ2n) is 6.69. The Morgan fingerprint density at radius 3 is 2.32 bits per heavy atom. The predicted octanol–water partition coefficient (Wildman–Crippen LogP) is 4.57. The minimum atomic E-state index is -0.652. The lowest BCUT2D eigenvalue weighted by Crippen LogP contribution is -2.14. The Bertz CT molecular complexity index is 1160. The van der Waals surface area contributed by atoms with E-state index in [0.717, 1.165) is 11.3 Å². The van der Waals surface area contributed by atoms with Crippen LogP contribution < -0.4 is 15.4 Å². The molecule has 31 heavy (non-hydrogen) atoms. The second-order valence-corrected chi connectivity index (χ2v) is 7.71. The Morgan fingerprint density at radius 1 is 1.00 bits per heavy atom. The molecule has 0 atom stereocenters. The van der Waals surface area contributed by atoms with Gasteiger partial charge < -0.3 is 24.5 Å². The summed E-state index contributed by atoms with van der Waals surface area (Å²) < 4.78 is 15.5. The van der Waals surface area contributed by atoms with Gasteiger partial charge in [0, 0.05) is 0 Å². The average molecular weight is 442 g/mol. The van der Waals surface area contributed by atoms with Crippen LogP contribution in [0.3, 0.4) is 0 Å². The van der Waals surface area contributed by atoms with Gasteiger partial charge in [-0.1, -0.05) is 12.1 Å². The fraction of sp³-hybridized carbons (Fsp3) is 0.227. The van der Waals surface area contributed by atoms with Crippen LogP contribution in [-0.2, 0) is 4.74 Å². The van der Waals surface area contributed by atoms with E-state index in [1.165, 1.54) is 14.2 Å². The van der Waals surface area contributed by atoms with Gasteiger partial charge in [-0.05, 0) is 44.5 Å². The van der Waals surface area contributed by atoms with E-state index in [9.17, 15) is 14.4 Å². The van der Waals surface area contributed by atoms with Crippen molar-refractivity contribution in [1.29, 1.82) is 0 Å². The number of thiophene rings is 1. The van der Waals surface area contributed by atoms with E-state index in [1.807, 2.05) is 0 Å².